The Morgan fingerprint density at radius 3 is 2.68 bits per heavy atom. The first-order valence-electron chi connectivity index (χ1n) is 8.24. The maximum Gasteiger partial charge on any atom is 0.0616 e. The molecule has 19 heavy (non-hydrogen) atoms. The van der Waals surface area contributed by atoms with Crippen molar-refractivity contribution in [2.45, 2.75) is 63.8 Å². The largest absolute Gasteiger partial charge is 0.394 e. The highest BCUT2D eigenvalue weighted by atomic mass is 32.2. The average molecular weight is 285 g/mol. The van der Waals surface area contributed by atoms with Crippen LogP contribution in [0.15, 0.2) is 0 Å². The smallest absolute Gasteiger partial charge is 0.0616 e. The molecule has 2 N–H and O–H groups in total. The van der Waals surface area contributed by atoms with Gasteiger partial charge in [-0.3, -0.25) is 0 Å². The van der Waals surface area contributed by atoms with E-state index in [1.54, 1.807) is 0 Å². The Morgan fingerprint density at radius 1 is 1.21 bits per heavy atom. The zero-order chi connectivity index (χ0) is 13.6. The Kier molecular flexibility index (Phi) is 6.51. The van der Waals surface area contributed by atoms with E-state index in [0.717, 1.165) is 18.9 Å². The van der Waals surface area contributed by atoms with Gasteiger partial charge < -0.3 is 10.4 Å². The van der Waals surface area contributed by atoms with E-state index >= 15 is 0 Å². The van der Waals surface area contributed by atoms with Gasteiger partial charge in [0.25, 0.3) is 0 Å². The van der Waals surface area contributed by atoms with Crippen LogP contribution in [0.5, 0.6) is 0 Å². The molecule has 0 heterocycles. The molecule has 0 spiro atoms. The Balaban J connectivity index is 1.68. The molecule has 0 saturated heterocycles. The molecule has 2 saturated carbocycles. The molecule has 0 aromatic rings. The molecule has 2 nitrogen and oxygen atoms in total. The molecule has 0 aromatic carbocycles. The van der Waals surface area contributed by atoms with Gasteiger partial charge in [-0.25, -0.2) is 0 Å². The highest BCUT2D eigenvalue weighted by molar-refractivity contribution is 7.99. The van der Waals surface area contributed by atoms with E-state index in [9.17, 15) is 5.11 Å². The van der Waals surface area contributed by atoms with Crippen LogP contribution in [0.25, 0.3) is 0 Å². The molecule has 2 fully saturated rings. The van der Waals surface area contributed by atoms with Gasteiger partial charge in [-0.2, -0.15) is 11.8 Å². The number of rotatable bonds is 8. The van der Waals surface area contributed by atoms with Crippen molar-refractivity contribution >= 4 is 11.8 Å². The lowest BCUT2D eigenvalue weighted by atomic mass is 9.86. The van der Waals surface area contributed by atoms with Crippen LogP contribution >= 0.6 is 11.8 Å². The minimum Gasteiger partial charge on any atom is -0.394 e. The molecule has 2 rings (SSSR count). The highest BCUT2D eigenvalue weighted by Crippen LogP contribution is 2.38. The zero-order valence-electron chi connectivity index (χ0n) is 12.5. The summed E-state index contributed by atoms with van der Waals surface area (Å²) in [6.07, 6.45) is 10.9. The third-order valence-corrected chi connectivity index (χ3v) is 6.44. The first-order valence-corrected chi connectivity index (χ1v) is 9.40. The molecule has 2 atom stereocenters. The van der Waals surface area contributed by atoms with Gasteiger partial charge in [-0.1, -0.05) is 26.2 Å². The Bertz CT molecular complexity index is 255. The van der Waals surface area contributed by atoms with E-state index in [0.29, 0.717) is 12.5 Å². The monoisotopic (exact) mass is 285 g/mol. The number of hydrogen-bond donors (Lipinski definition) is 2. The highest BCUT2D eigenvalue weighted by Gasteiger charge is 2.41. The van der Waals surface area contributed by atoms with Crippen molar-refractivity contribution in [3.63, 3.8) is 0 Å². The molecule has 112 valence electrons. The fourth-order valence-electron chi connectivity index (χ4n) is 4.07. The third kappa shape index (κ3) is 4.12. The molecule has 0 amide bonds. The summed E-state index contributed by atoms with van der Waals surface area (Å²) in [5, 5.41) is 13.4. The Morgan fingerprint density at radius 2 is 2.00 bits per heavy atom. The summed E-state index contributed by atoms with van der Waals surface area (Å²) in [5.41, 5.74) is 0.0443. The summed E-state index contributed by atoms with van der Waals surface area (Å²) in [4.78, 5) is 0. The normalized spacial score (nSPS) is 32.2. The van der Waals surface area contributed by atoms with E-state index < -0.39 is 0 Å². The maximum absolute atomic E-state index is 9.78. The van der Waals surface area contributed by atoms with Gasteiger partial charge in [0.2, 0.25) is 0 Å². The molecule has 0 bridgehead atoms. The minimum atomic E-state index is 0.0443. The Labute approximate surface area is 123 Å². The first kappa shape index (κ1) is 15.7. The molecule has 2 unspecified atom stereocenters. The second-order valence-corrected chi connectivity index (χ2v) is 7.60. The van der Waals surface area contributed by atoms with E-state index in [4.69, 9.17) is 0 Å². The van der Waals surface area contributed by atoms with E-state index in [2.05, 4.69) is 24.0 Å². The lowest BCUT2D eigenvalue weighted by molar-refractivity contribution is 0.124. The molecule has 2 aliphatic carbocycles. The maximum atomic E-state index is 9.78. The van der Waals surface area contributed by atoms with E-state index in [-0.39, 0.29) is 5.54 Å². The molecule has 2 aliphatic rings. The van der Waals surface area contributed by atoms with Crippen molar-refractivity contribution in [1.82, 2.24) is 5.32 Å². The average Bonchev–Trinajstić information content (AvgIpc) is 3.05. The van der Waals surface area contributed by atoms with Crippen molar-refractivity contribution in [3.8, 4) is 0 Å². The fourth-order valence-corrected chi connectivity index (χ4v) is 5.35. The Hall–Kier alpha value is 0.270. The van der Waals surface area contributed by atoms with Crippen LogP contribution in [-0.2, 0) is 0 Å². The van der Waals surface area contributed by atoms with Crippen LogP contribution < -0.4 is 5.32 Å². The topological polar surface area (TPSA) is 32.3 Å². The predicted octanol–water partition coefficient (Wildman–Crippen LogP) is 3.44. The van der Waals surface area contributed by atoms with Gasteiger partial charge in [0, 0.05) is 5.54 Å². The predicted molar refractivity (Wildman–Crippen MR) is 84.7 cm³/mol. The number of nitrogens with one attached hydrogen (secondary N) is 1. The second kappa shape index (κ2) is 7.90. The molecular formula is C16H31NOS. The quantitative estimate of drug-likeness (QED) is 0.670. The van der Waals surface area contributed by atoms with Gasteiger partial charge in [-0.05, 0) is 62.0 Å². The number of aliphatic hydroxyl groups excluding tert-OH is 1. The van der Waals surface area contributed by atoms with Gasteiger partial charge in [0.1, 0.15) is 0 Å². The van der Waals surface area contributed by atoms with Crippen LogP contribution in [0, 0.1) is 11.8 Å². The van der Waals surface area contributed by atoms with Crippen LogP contribution in [0.2, 0.25) is 0 Å². The SMILES string of the molecule is CCNC1(CO)CCCC1CCSCC1CCCC1. The standard InChI is InChI=1S/C16H31NOS/c1-2-17-16(13-18)10-5-8-15(16)9-11-19-12-14-6-3-4-7-14/h14-15,17-18H,2-13H2,1H3. The lowest BCUT2D eigenvalue weighted by Crippen LogP contribution is -2.51. The second-order valence-electron chi connectivity index (χ2n) is 6.45. The summed E-state index contributed by atoms with van der Waals surface area (Å²) in [7, 11) is 0. The minimum absolute atomic E-state index is 0.0443. The van der Waals surface area contributed by atoms with E-state index in [1.807, 2.05) is 0 Å². The fraction of sp³-hybridized carbons (Fsp3) is 1.00. The van der Waals surface area contributed by atoms with Crippen molar-refractivity contribution in [3.05, 3.63) is 0 Å². The summed E-state index contributed by atoms with van der Waals surface area (Å²) in [5.74, 6) is 4.35. The molecular weight excluding hydrogens is 254 g/mol. The molecule has 3 heteroatoms. The van der Waals surface area contributed by atoms with Crippen molar-refractivity contribution in [2.24, 2.45) is 11.8 Å². The van der Waals surface area contributed by atoms with Crippen LogP contribution in [0.1, 0.15) is 58.3 Å². The number of thioether (sulfide) groups is 1. The summed E-state index contributed by atoms with van der Waals surface area (Å²) in [6.45, 7) is 3.45. The molecule has 0 aliphatic heterocycles. The lowest BCUT2D eigenvalue weighted by Gasteiger charge is -2.35. The van der Waals surface area contributed by atoms with Crippen LogP contribution in [-0.4, -0.2) is 35.3 Å². The summed E-state index contributed by atoms with van der Waals surface area (Å²) < 4.78 is 0. The van der Waals surface area contributed by atoms with Crippen molar-refractivity contribution in [2.75, 3.05) is 24.7 Å². The van der Waals surface area contributed by atoms with Crippen LogP contribution in [0.4, 0.5) is 0 Å². The molecule has 0 aromatic heterocycles. The van der Waals surface area contributed by atoms with Gasteiger partial charge in [0.15, 0.2) is 0 Å². The summed E-state index contributed by atoms with van der Waals surface area (Å²) >= 11 is 2.16. The van der Waals surface area contributed by atoms with Gasteiger partial charge in [-0.15, -0.1) is 0 Å². The van der Waals surface area contributed by atoms with Crippen LogP contribution in [0.3, 0.4) is 0 Å². The molecule has 0 radical (unpaired) electrons. The van der Waals surface area contributed by atoms with Gasteiger partial charge >= 0.3 is 0 Å². The third-order valence-electron chi connectivity index (χ3n) is 5.21. The number of aliphatic hydroxyl groups is 1. The zero-order valence-corrected chi connectivity index (χ0v) is 13.3. The van der Waals surface area contributed by atoms with Gasteiger partial charge in [0.05, 0.1) is 6.61 Å². The number of likely N-dealkylation sites (N-methyl/N-ethyl adjacent to an activating group) is 1. The summed E-state index contributed by atoms with van der Waals surface area (Å²) in [6, 6.07) is 0. The first-order chi connectivity index (χ1) is 9.30. The van der Waals surface area contributed by atoms with Crippen molar-refractivity contribution in [1.29, 1.82) is 0 Å². The van der Waals surface area contributed by atoms with E-state index in [1.165, 1.54) is 56.5 Å². The van der Waals surface area contributed by atoms with Crippen molar-refractivity contribution < 1.29 is 5.11 Å². The number of hydrogen-bond acceptors (Lipinski definition) is 3.